The molecule has 0 amide bonds. The number of rotatable bonds is 1. The summed E-state index contributed by atoms with van der Waals surface area (Å²) in [6.07, 6.45) is -4.71. The van der Waals surface area contributed by atoms with Crippen LogP contribution < -0.4 is 0 Å². The predicted molar refractivity (Wildman–Crippen MR) is 59.9 cm³/mol. The molecule has 5 atom stereocenters. The molecule has 2 saturated heterocycles. The van der Waals surface area contributed by atoms with Crippen LogP contribution in [-0.2, 0) is 23.8 Å². The van der Waals surface area contributed by atoms with Gasteiger partial charge in [0.15, 0.2) is 6.10 Å². The van der Waals surface area contributed by atoms with E-state index in [2.05, 4.69) is 9.47 Å². The van der Waals surface area contributed by atoms with Crippen LogP contribution in [0.15, 0.2) is 0 Å². The molecular weight excluding hydrogens is 292 g/mol. The molecule has 0 aromatic rings. The summed E-state index contributed by atoms with van der Waals surface area (Å²) in [5.74, 6) is -11.5. The fourth-order valence-corrected chi connectivity index (χ4v) is 2.30. The first-order valence-corrected chi connectivity index (χ1v) is 6.15. The van der Waals surface area contributed by atoms with E-state index in [9.17, 15) is 30.0 Å². The van der Waals surface area contributed by atoms with Crippen LogP contribution in [0.4, 0.5) is 0 Å². The Kier molecular flexibility index (Phi) is 3.72. The maximum absolute atomic E-state index is 11.5. The smallest absolute Gasteiger partial charge is 0.334 e. The summed E-state index contributed by atoms with van der Waals surface area (Å²) in [5, 5.41) is 49.9. The van der Waals surface area contributed by atoms with E-state index in [-0.39, 0.29) is 0 Å². The highest BCUT2D eigenvalue weighted by molar-refractivity contribution is 5.79. The largest absolute Gasteiger partial charge is 0.423 e. The van der Waals surface area contributed by atoms with Crippen molar-refractivity contribution in [2.75, 3.05) is 6.61 Å². The molecule has 0 saturated carbocycles. The standard InChI is InChI=1S/C11H16O10/c1-9(16)11(18)10(17,8(15)5(4-12)19-9)20-6(13)2-3-7(14)21-11/h5,8,12,15-18H,2-4H2,1H3/t5-,8+,9?,10+,11-/m1/s1. The summed E-state index contributed by atoms with van der Waals surface area (Å²) < 4.78 is 14.0. The molecule has 2 heterocycles. The molecule has 2 rings (SSSR count). The van der Waals surface area contributed by atoms with Gasteiger partial charge in [-0.3, -0.25) is 9.59 Å². The summed E-state index contributed by atoms with van der Waals surface area (Å²) in [7, 11) is 0. The number of carbonyl (C=O) groups is 2. The summed E-state index contributed by atoms with van der Waals surface area (Å²) in [4.78, 5) is 23.1. The Labute approximate surface area is 118 Å². The second-order valence-electron chi connectivity index (χ2n) is 5.06. The highest BCUT2D eigenvalue weighted by Gasteiger charge is 2.76. The lowest BCUT2D eigenvalue weighted by Crippen LogP contribution is -2.81. The number of ether oxygens (including phenoxy) is 3. The Hall–Kier alpha value is -1.30. The van der Waals surface area contributed by atoms with E-state index in [1.165, 1.54) is 0 Å². The number of aliphatic hydroxyl groups is 5. The minimum atomic E-state index is -3.28. The van der Waals surface area contributed by atoms with Crippen LogP contribution in [0.5, 0.6) is 0 Å². The number of hydrogen-bond donors (Lipinski definition) is 5. The van der Waals surface area contributed by atoms with Crippen LogP contribution in [-0.4, -0.2) is 73.6 Å². The van der Waals surface area contributed by atoms with E-state index in [1.54, 1.807) is 0 Å². The van der Waals surface area contributed by atoms with Gasteiger partial charge in [-0.15, -0.1) is 0 Å². The molecule has 0 aliphatic carbocycles. The normalized spacial score (nSPS) is 47.7. The van der Waals surface area contributed by atoms with Gasteiger partial charge in [0.2, 0.25) is 5.79 Å². The van der Waals surface area contributed by atoms with Gasteiger partial charge in [0.1, 0.15) is 6.10 Å². The van der Waals surface area contributed by atoms with Crippen LogP contribution in [0.1, 0.15) is 19.8 Å². The van der Waals surface area contributed by atoms with Gasteiger partial charge in [-0.1, -0.05) is 0 Å². The SMILES string of the molecule is CC1(O)O[C@H](CO)[C@H](O)[C@]2(O)OC(=O)CCC(=O)O[C@]12O. The van der Waals surface area contributed by atoms with Gasteiger partial charge in [-0.2, -0.15) is 0 Å². The van der Waals surface area contributed by atoms with Crippen molar-refractivity contribution in [2.45, 2.75) is 49.3 Å². The second-order valence-corrected chi connectivity index (χ2v) is 5.06. The summed E-state index contributed by atoms with van der Waals surface area (Å²) in [6, 6.07) is 0. The highest BCUT2D eigenvalue weighted by Crippen LogP contribution is 2.45. The zero-order chi connectivity index (χ0) is 16.1. The van der Waals surface area contributed by atoms with Crippen LogP contribution in [0.25, 0.3) is 0 Å². The summed E-state index contributed by atoms with van der Waals surface area (Å²) >= 11 is 0. The topological polar surface area (TPSA) is 163 Å². The third kappa shape index (κ3) is 2.20. The molecule has 2 aliphatic rings. The highest BCUT2D eigenvalue weighted by atomic mass is 16.8. The predicted octanol–water partition coefficient (Wildman–Crippen LogP) is -3.30. The van der Waals surface area contributed by atoms with Crippen molar-refractivity contribution >= 4 is 11.9 Å². The number of fused-ring (bicyclic) bond motifs is 1. The number of hydrogen-bond acceptors (Lipinski definition) is 10. The fraction of sp³-hybridized carbons (Fsp3) is 0.818. The van der Waals surface area contributed by atoms with Crippen LogP contribution in [0.2, 0.25) is 0 Å². The van der Waals surface area contributed by atoms with Gasteiger partial charge in [-0.05, 0) is 6.92 Å². The molecular formula is C11H16O10. The Bertz CT molecular complexity index is 462. The molecule has 0 bridgehead atoms. The molecule has 2 aliphatic heterocycles. The van der Waals surface area contributed by atoms with Crippen molar-refractivity contribution < 1.29 is 49.3 Å². The van der Waals surface area contributed by atoms with Crippen molar-refractivity contribution in [3.63, 3.8) is 0 Å². The van der Waals surface area contributed by atoms with Gasteiger partial charge in [-0.25, -0.2) is 0 Å². The monoisotopic (exact) mass is 308 g/mol. The first-order valence-electron chi connectivity index (χ1n) is 6.15. The van der Waals surface area contributed by atoms with Crippen LogP contribution in [0.3, 0.4) is 0 Å². The second kappa shape index (κ2) is 4.87. The Morgan fingerprint density at radius 3 is 2.19 bits per heavy atom. The lowest BCUT2D eigenvalue weighted by molar-refractivity contribution is -0.508. The van der Waals surface area contributed by atoms with Gasteiger partial charge >= 0.3 is 23.5 Å². The molecule has 10 nitrogen and oxygen atoms in total. The molecule has 10 heteroatoms. The first kappa shape index (κ1) is 16.1. The minimum absolute atomic E-state index is 0.462. The van der Waals surface area contributed by atoms with E-state index in [4.69, 9.17) is 9.84 Å². The number of aliphatic hydroxyl groups excluding tert-OH is 2. The third-order valence-electron chi connectivity index (χ3n) is 3.49. The zero-order valence-electron chi connectivity index (χ0n) is 11.1. The van der Waals surface area contributed by atoms with Gasteiger partial charge in [0.05, 0.1) is 19.4 Å². The molecule has 0 aromatic heterocycles. The molecule has 1 unspecified atom stereocenters. The zero-order valence-corrected chi connectivity index (χ0v) is 11.1. The van der Waals surface area contributed by atoms with Crippen LogP contribution in [0, 0.1) is 0 Å². The van der Waals surface area contributed by atoms with Crippen molar-refractivity contribution in [2.24, 2.45) is 0 Å². The van der Waals surface area contributed by atoms with E-state index >= 15 is 0 Å². The van der Waals surface area contributed by atoms with Gasteiger partial charge < -0.3 is 39.7 Å². The maximum Gasteiger partial charge on any atom is 0.334 e. The fourth-order valence-electron chi connectivity index (χ4n) is 2.30. The average Bonchev–Trinajstić information content (AvgIpc) is 2.39. The molecule has 0 radical (unpaired) electrons. The van der Waals surface area contributed by atoms with Crippen LogP contribution >= 0.6 is 0 Å². The van der Waals surface area contributed by atoms with Crippen molar-refractivity contribution in [3.05, 3.63) is 0 Å². The van der Waals surface area contributed by atoms with Gasteiger partial charge in [0.25, 0.3) is 0 Å². The quantitative estimate of drug-likeness (QED) is 0.310. The molecule has 120 valence electrons. The Morgan fingerprint density at radius 2 is 1.67 bits per heavy atom. The summed E-state index contributed by atoms with van der Waals surface area (Å²) in [6.45, 7) is -0.0591. The Balaban J connectivity index is 2.56. The number of carbonyl (C=O) groups excluding carboxylic acids is 2. The number of esters is 2. The van der Waals surface area contributed by atoms with E-state index < -0.39 is 61.0 Å². The molecule has 21 heavy (non-hydrogen) atoms. The molecule has 0 spiro atoms. The summed E-state index contributed by atoms with van der Waals surface area (Å²) in [5.41, 5.74) is 0. The lowest BCUT2D eigenvalue weighted by Gasteiger charge is -2.55. The van der Waals surface area contributed by atoms with Crippen molar-refractivity contribution in [1.82, 2.24) is 0 Å². The van der Waals surface area contributed by atoms with Crippen molar-refractivity contribution in [1.29, 1.82) is 0 Å². The first-order chi connectivity index (χ1) is 9.57. The van der Waals surface area contributed by atoms with E-state index in [0.29, 0.717) is 0 Å². The third-order valence-corrected chi connectivity index (χ3v) is 3.49. The van der Waals surface area contributed by atoms with Gasteiger partial charge in [0, 0.05) is 0 Å². The lowest BCUT2D eigenvalue weighted by atomic mass is 9.85. The van der Waals surface area contributed by atoms with E-state index in [1.807, 2.05) is 0 Å². The molecule has 2 fully saturated rings. The molecule has 5 N–H and O–H groups in total. The van der Waals surface area contributed by atoms with E-state index in [0.717, 1.165) is 6.92 Å². The maximum atomic E-state index is 11.5. The van der Waals surface area contributed by atoms with Crippen molar-refractivity contribution in [3.8, 4) is 0 Å². The minimum Gasteiger partial charge on any atom is -0.423 e. The Morgan fingerprint density at radius 1 is 1.14 bits per heavy atom. The molecule has 0 aromatic carbocycles. The average molecular weight is 308 g/mol.